The Labute approximate surface area is 208 Å². The lowest BCUT2D eigenvalue weighted by Gasteiger charge is -2.14. The van der Waals surface area contributed by atoms with Gasteiger partial charge in [0.1, 0.15) is 4.32 Å². The van der Waals surface area contributed by atoms with Gasteiger partial charge in [0.05, 0.1) is 10.5 Å². The van der Waals surface area contributed by atoms with E-state index in [0.29, 0.717) is 34.3 Å². The summed E-state index contributed by atoms with van der Waals surface area (Å²) in [5.74, 6) is -1.20. The number of rotatable bonds is 10. The van der Waals surface area contributed by atoms with Gasteiger partial charge in [-0.2, -0.15) is 0 Å². The lowest BCUT2D eigenvalue weighted by molar-refractivity contribution is -0.122. The van der Waals surface area contributed by atoms with Crippen LogP contribution in [0.3, 0.4) is 0 Å². The summed E-state index contributed by atoms with van der Waals surface area (Å²) < 4.78 is 0.561. The van der Waals surface area contributed by atoms with Crippen LogP contribution in [0.5, 0.6) is 0 Å². The normalized spacial score (nSPS) is 15.1. The van der Waals surface area contributed by atoms with E-state index in [9.17, 15) is 14.4 Å². The van der Waals surface area contributed by atoms with E-state index in [0.717, 1.165) is 24.0 Å². The summed E-state index contributed by atoms with van der Waals surface area (Å²) in [5, 5.41) is 11.7. The van der Waals surface area contributed by atoms with E-state index in [-0.39, 0.29) is 17.4 Å². The number of thioether (sulfide) groups is 1. The van der Waals surface area contributed by atoms with E-state index in [4.69, 9.17) is 17.3 Å². The molecular formula is C26H26N2O4S2. The lowest BCUT2D eigenvalue weighted by Crippen LogP contribution is -2.29. The van der Waals surface area contributed by atoms with Crippen molar-refractivity contribution in [1.82, 2.24) is 4.90 Å². The predicted molar refractivity (Wildman–Crippen MR) is 141 cm³/mol. The number of hydrogen-bond donors (Lipinski definition) is 2. The zero-order valence-electron chi connectivity index (χ0n) is 18.8. The van der Waals surface area contributed by atoms with Crippen LogP contribution < -0.4 is 5.32 Å². The van der Waals surface area contributed by atoms with Crippen molar-refractivity contribution in [3.63, 3.8) is 0 Å². The topological polar surface area (TPSA) is 86.7 Å². The average Bonchev–Trinajstić information content (AvgIpc) is 3.06. The van der Waals surface area contributed by atoms with Crippen molar-refractivity contribution in [3.8, 4) is 0 Å². The fourth-order valence-corrected chi connectivity index (χ4v) is 4.76. The summed E-state index contributed by atoms with van der Waals surface area (Å²) in [7, 11) is 0. The molecule has 0 saturated carbocycles. The van der Waals surface area contributed by atoms with E-state index < -0.39 is 5.97 Å². The Bertz CT molecular complexity index is 1130. The third kappa shape index (κ3) is 7.40. The summed E-state index contributed by atoms with van der Waals surface area (Å²) >= 11 is 6.72. The molecule has 0 radical (unpaired) electrons. The first kappa shape index (κ1) is 25.4. The Morgan fingerprint density at radius 2 is 1.76 bits per heavy atom. The van der Waals surface area contributed by atoms with Gasteiger partial charge >= 0.3 is 5.97 Å². The lowest BCUT2D eigenvalue weighted by atomic mass is 10.1. The minimum atomic E-state index is -1.01. The van der Waals surface area contributed by atoms with Crippen LogP contribution >= 0.6 is 24.0 Å². The number of carboxylic acid groups (broad SMARTS) is 1. The number of thiocarbonyl (C=S) groups is 1. The largest absolute Gasteiger partial charge is 0.478 e. The average molecular weight is 495 g/mol. The molecule has 0 spiro atoms. The summed E-state index contributed by atoms with van der Waals surface area (Å²) in [6, 6.07) is 16.0. The molecule has 1 aliphatic heterocycles. The van der Waals surface area contributed by atoms with Gasteiger partial charge in [-0.25, -0.2) is 4.79 Å². The van der Waals surface area contributed by atoms with Gasteiger partial charge in [0.25, 0.3) is 5.91 Å². The molecule has 0 aliphatic carbocycles. The Morgan fingerprint density at radius 3 is 2.44 bits per heavy atom. The molecule has 2 aromatic carbocycles. The van der Waals surface area contributed by atoms with E-state index in [1.807, 2.05) is 49.4 Å². The Morgan fingerprint density at radius 1 is 1.06 bits per heavy atom. The van der Waals surface area contributed by atoms with Crippen LogP contribution in [0.2, 0.25) is 0 Å². The molecule has 8 heteroatoms. The van der Waals surface area contributed by atoms with Crippen molar-refractivity contribution in [3.05, 3.63) is 82.3 Å². The van der Waals surface area contributed by atoms with Crippen LogP contribution in [-0.2, 0) is 9.59 Å². The minimum absolute atomic E-state index is 0.0710. The first-order chi connectivity index (χ1) is 16.3. The Kier molecular flexibility index (Phi) is 9.18. The Hall–Kier alpha value is -3.23. The highest BCUT2D eigenvalue weighted by molar-refractivity contribution is 8.26. The molecule has 0 atom stereocenters. The van der Waals surface area contributed by atoms with Crippen molar-refractivity contribution < 1.29 is 19.5 Å². The molecule has 0 unspecified atom stereocenters. The molecule has 2 amide bonds. The van der Waals surface area contributed by atoms with Crippen molar-refractivity contribution in [2.45, 2.75) is 32.6 Å². The number of nitrogens with one attached hydrogen (secondary N) is 1. The molecule has 0 aromatic heterocycles. The van der Waals surface area contributed by atoms with Crippen LogP contribution in [0, 0.1) is 0 Å². The molecule has 0 bridgehead atoms. The van der Waals surface area contributed by atoms with Gasteiger partial charge in [0.15, 0.2) is 0 Å². The first-order valence-electron chi connectivity index (χ1n) is 11.0. The number of allylic oxidation sites excluding steroid dienone is 2. The predicted octanol–water partition coefficient (Wildman–Crippen LogP) is 5.73. The highest BCUT2D eigenvalue weighted by Crippen LogP contribution is 2.32. The summed E-state index contributed by atoms with van der Waals surface area (Å²) in [4.78, 5) is 38.0. The maximum absolute atomic E-state index is 12.8. The maximum Gasteiger partial charge on any atom is 0.335 e. The van der Waals surface area contributed by atoms with E-state index in [1.165, 1.54) is 23.9 Å². The fraction of sp³-hybridized carbons (Fsp3) is 0.231. The van der Waals surface area contributed by atoms with Crippen molar-refractivity contribution in [2.75, 3.05) is 11.9 Å². The molecule has 176 valence electrons. The fourth-order valence-electron chi connectivity index (χ4n) is 3.41. The number of carbonyl (C=O) groups is 3. The number of unbranched alkanes of at least 4 members (excludes halogenated alkanes) is 2. The van der Waals surface area contributed by atoms with Gasteiger partial charge < -0.3 is 10.4 Å². The molecule has 34 heavy (non-hydrogen) atoms. The molecule has 6 nitrogen and oxygen atoms in total. The smallest absolute Gasteiger partial charge is 0.335 e. The summed E-state index contributed by atoms with van der Waals surface area (Å²) in [6.07, 6.45) is 6.47. The molecule has 2 aromatic rings. The first-order valence-corrected chi connectivity index (χ1v) is 12.2. The number of nitrogens with zero attached hydrogens (tertiary/aromatic N) is 1. The summed E-state index contributed by atoms with van der Waals surface area (Å²) in [5.41, 5.74) is 2.80. The van der Waals surface area contributed by atoms with Crippen LogP contribution in [0.1, 0.15) is 48.5 Å². The highest BCUT2D eigenvalue weighted by atomic mass is 32.2. The highest BCUT2D eigenvalue weighted by Gasteiger charge is 2.31. The zero-order valence-corrected chi connectivity index (χ0v) is 20.5. The second-order valence-electron chi connectivity index (χ2n) is 7.87. The zero-order chi connectivity index (χ0) is 24.5. The Balaban J connectivity index is 1.41. The number of amides is 2. The minimum Gasteiger partial charge on any atom is -0.478 e. The number of carboxylic acids is 1. The van der Waals surface area contributed by atoms with Crippen LogP contribution in [-0.4, -0.2) is 38.7 Å². The SMILES string of the molecule is CC(/C=C1\SC(=S)N(CCCCCC(=O)Nc2ccc(C(=O)O)cc2)C1=O)=C\c1ccccc1. The third-order valence-electron chi connectivity index (χ3n) is 5.13. The number of aromatic carboxylic acids is 1. The molecular weight excluding hydrogens is 468 g/mol. The standard InChI is InChI=1S/C26H26N2O4S2/c1-18(16-19-8-4-2-5-9-19)17-22-24(30)28(26(33)34-22)15-7-3-6-10-23(29)27-21-13-11-20(12-14-21)25(31)32/h2,4-5,8-9,11-14,16-17H,3,6-7,10,15H2,1H3,(H,27,29)(H,31,32)/b18-16+,22-17-. The van der Waals surface area contributed by atoms with Gasteiger partial charge in [-0.05, 0) is 61.2 Å². The molecule has 1 saturated heterocycles. The van der Waals surface area contributed by atoms with E-state index in [1.54, 1.807) is 17.0 Å². The van der Waals surface area contributed by atoms with Crippen LogP contribution in [0.4, 0.5) is 5.69 Å². The second kappa shape index (κ2) is 12.3. The number of carbonyl (C=O) groups excluding carboxylic acids is 2. The van der Waals surface area contributed by atoms with Crippen molar-refractivity contribution in [1.29, 1.82) is 0 Å². The van der Waals surface area contributed by atoms with Crippen LogP contribution in [0.25, 0.3) is 6.08 Å². The van der Waals surface area contributed by atoms with Gasteiger partial charge in [-0.1, -0.05) is 66.8 Å². The number of benzene rings is 2. The van der Waals surface area contributed by atoms with Gasteiger partial charge in [-0.3, -0.25) is 14.5 Å². The van der Waals surface area contributed by atoms with Gasteiger partial charge in [0, 0.05) is 18.7 Å². The van der Waals surface area contributed by atoms with Gasteiger partial charge in [-0.15, -0.1) is 0 Å². The summed E-state index contributed by atoms with van der Waals surface area (Å²) in [6.45, 7) is 2.49. The monoisotopic (exact) mass is 494 g/mol. The van der Waals surface area contributed by atoms with Gasteiger partial charge in [0.2, 0.25) is 5.91 Å². The molecule has 3 rings (SSSR count). The van der Waals surface area contributed by atoms with E-state index >= 15 is 0 Å². The maximum atomic E-state index is 12.8. The van der Waals surface area contributed by atoms with Crippen LogP contribution in [0.15, 0.2) is 71.2 Å². The molecule has 1 aliphatic rings. The van der Waals surface area contributed by atoms with Crippen molar-refractivity contribution >= 4 is 57.8 Å². The third-order valence-corrected chi connectivity index (χ3v) is 6.51. The molecule has 1 heterocycles. The molecule has 1 fully saturated rings. The molecule has 2 N–H and O–H groups in total. The number of anilines is 1. The van der Waals surface area contributed by atoms with E-state index in [2.05, 4.69) is 5.32 Å². The van der Waals surface area contributed by atoms with Crippen molar-refractivity contribution in [2.24, 2.45) is 0 Å². The quantitative estimate of drug-likeness (QED) is 0.249. The second-order valence-corrected chi connectivity index (χ2v) is 9.55. The number of hydrogen-bond acceptors (Lipinski definition) is 5.